The third kappa shape index (κ3) is 3.22. The van der Waals surface area contributed by atoms with E-state index >= 15 is 0 Å². The molecule has 0 aliphatic carbocycles. The van der Waals surface area contributed by atoms with E-state index < -0.39 is 0 Å². The van der Waals surface area contributed by atoms with Gasteiger partial charge >= 0.3 is 0 Å². The Hall–Kier alpha value is -3.61. The summed E-state index contributed by atoms with van der Waals surface area (Å²) in [6, 6.07) is 13.1. The van der Waals surface area contributed by atoms with Gasteiger partial charge in [0.25, 0.3) is 5.91 Å². The fourth-order valence-electron chi connectivity index (χ4n) is 3.91. The van der Waals surface area contributed by atoms with Crippen LogP contribution in [0.4, 0.5) is 0 Å². The zero-order chi connectivity index (χ0) is 20.7. The van der Waals surface area contributed by atoms with Crippen LogP contribution in [0.5, 0.6) is 17.2 Å². The summed E-state index contributed by atoms with van der Waals surface area (Å²) >= 11 is 0. The summed E-state index contributed by atoms with van der Waals surface area (Å²) in [4.78, 5) is 24.4. The predicted octanol–water partition coefficient (Wildman–Crippen LogP) is 3.39. The highest BCUT2D eigenvalue weighted by atomic mass is 16.7. The molecule has 0 unspecified atom stereocenters. The Bertz CT molecular complexity index is 1130. The molecule has 3 heterocycles. The van der Waals surface area contributed by atoms with E-state index in [0.29, 0.717) is 36.6 Å². The Balaban J connectivity index is 1.47. The number of hydrogen-bond acceptors (Lipinski definition) is 6. The van der Waals surface area contributed by atoms with Crippen LogP contribution in [0.2, 0.25) is 0 Å². The van der Waals surface area contributed by atoms with E-state index in [1.807, 2.05) is 36.1 Å². The molecule has 5 rings (SSSR count). The van der Waals surface area contributed by atoms with E-state index in [4.69, 9.17) is 19.2 Å². The number of ether oxygens (including phenoxy) is 3. The summed E-state index contributed by atoms with van der Waals surface area (Å²) in [7, 11) is 1.64. The van der Waals surface area contributed by atoms with Gasteiger partial charge in [-0.05, 0) is 49.4 Å². The highest BCUT2D eigenvalue weighted by Crippen LogP contribution is 2.34. The normalized spacial score (nSPS) is 14.4. The van der Waals surface area contributed by atoms with Crippen molar-refractivity contribution in [3.05, 3.63) is 65.1 Å². The van der Waals surface area contributed by atoms with Crippen molar-refractivity contribution in [3.8, 4) is 28.5 Å². The van der Waals surface area contributed by atoms with Crippen molar-refractivity contribution in [1.29, 1.82) is 0 Å². The van der Waals surface area contributed by atoms with Crippen molar-refractivity contribution in [3.63, 3.8) is 0 Å². The molecule has 2 aromatic carbocycles. The van der Waals surface area contributed by atoms with Crippen LogP contribution in [0, 0.1) is 6.92 Å². The molecule has 0 N–H and O–H groups in total. The van der Waals surface area contributed by atoms with Gasteiger partial charge in [-0.25, -0.2) is 9.97 Å². The van der Waals surface area contributed by atoms with Crippen LogP contribution in [0.15, 0.2) is 42.5 Å². The molecule has 0 saturated carbocycles. The molecule has 0 fully saturated rings. The van der Waals surface area contributed by atoms with Crippen molar-refractivity contribution in [1.82, 2.24) is 14.9 Å². The Labute approximate surface area is 174 Å². The van der Waals surface area contributed by atoms with E-state index in [2.05, 4.69) is 4.98 Å². The summed E-state index contributed by atoms with van der Waals surface area (Å²) in [5.41, 5.74) is 4.43. The lowest BCUT2D eigenvalue weighted by Gasteiger charge is -2.30. The monoisotopic (exact) mass is 403 g/mol. The van der Waals surface area contributed by atoms with Crippen LogP contribution in [0.25, 0.3) is 11.3 Å². The van der Waals surface area contributed by atoms with Gasteiger partial charge in [-0.2, -0.15) is 0 Å². The van der Waals surface area contributed by atoms with E-state index in [1.165, 1.54) is 0 Å². The van der Waals surface area contributed by atoms with E-state index in [1.54, 1.807) is 25.3 Å². The maximum Gasteiger partial charge on any atom is 0.254 e. The van der Waals surface area contributed by atoms with Gasteiger partial charge in [0, 0.05) is 36.2 Å². The number of amides is 1. The first-order valence-corrected chi connectivity index (χ1v) is 9.82. The second kappa shape index (κ2) is 7.33. The van der Waals surface area contributed by atoms with E-state index in [0.717, 1.165) is 34.1 Å². The smallest absolute Gasteiger partial charge is 0.254 e. The lowest BCUT2D eigenvalue weighted by Crippen LogP contribution is -2.37. The summed E-state index contributed by atoms with van der Waals surface area (Å²) in [6.07, 6.45) is 0.693. The molecule has 7 heteroatoms. The minimum Gasteiger partial charge on any atom is -0.497 e. The molecule has 30 heavy (non-hydrogen) atoms. The molecule has 2 aliphatic rings. The Morgan fingerprint density at radius 2 is 1.87 bits per heavy atom. The van der Waals surface area contributed by atoms with Crippen molar-refractivity contribution < 1.29 is 19.0 Å². The lowest BCUT2D eigenvalue weighted by molar-refractivity contribution is 0.0733. The zero-order valence-corrected chi connectivity index (χ0v) is 16.8. The first-order valence-electron chi connectivity index (χ1n) is 9.82. The highest BCUT2D eigenvalue weighted by molar-refractivity contribution is 5.95. The summed E-state index contributed by atoms with van der Waals surface area (Å²) < 4.78 is 16.0. The summed E-state index contributed by atoms with van der Waals surface area (Å²) in [5, 5.41) is 0. The number of benzene rings is 2. The molecule has 7 nitrogen and oxygen atoms in total. The van der Waals surface area contributed by atoms with E-state index in [9.17, 15) is 4.79 Å². The first-order chi connectivity index (χ1) is 14.6. The van der Waals surface area contributed by atoms with Gasteiger partial charge in [0.2, 0.25) is 6.79 Å². The summed E-state index contributed by atoms with van der Waals surface area (Å²) in [5.74, 6) is 2.76. The molecule has 3 aromatic rings. The number of carbonyl (C=O) groups excluding carboxylic acids is 1. The maximum absolute atomic E-state index is 13.2. The van der Waals surface area contributed by atoms with Gasteiger partial charge in [-0.1, -0.05) is 0 Å². The maximum atomic E-state index is 13.2. The predicted molar refractivity (Wildman–Crippen MR) is 110 cm³/mol. The van der Waals surface area contributed by atoms with Crippen molar-refractivity contribution in [2.24, 2.45) is 0 Å². The molecule has 1 amide bonds. The fourth-order valence-corrected chi connectivity index (χ4v) is 3.91. The van der Waals surface area contributed by atoms with Crippen molar-refractivity contribution in [2.45, 2.75) is 19.9 Å². The van der Waals surface area contributed by atoms with Gasteiger partial charge in [0.15, 0.2) is 11.5 Å². The fraction of sp³-hybridized carbons (Fsp3) is 0.261. The molecular weight excluding hydrogens is 382 g/mol. The van der Waals surface area contributed by atoms with Crippen LogP contribution < -0.4 is 14.2 Å². The average Bonchev–Trinajstić information content (AvgIpc) is 3.26. The number of nitrogens with zero attached hydrogens (tertiary/aromatic N) is 3. The molecule has 152 valence electrons. The lowest BCUT2D eigenvalue weighted by atomic mass is 9.98. The van der Waals surface area contributed by atoms with Crippen LogP contribution >= 0.6 is 0 Å². The van der Waals surface area contributed by atoms with Crippen LogP contribution in [0.1, 0.15) is 27.4 Å². The van der Waals surface area contributed by atoms with Gasteiger partial charge < -0.3 is 19.1 Å². The topological polar surface area (TPSA) is 73.8 Å². The Morgan fingerprint density at radius 1 is 1.07 bits per heavy atom. The van der Waals surface area contributed by atoms with Crippen LogP contribution in [-0.4, -0.2) is 41.2 Å². The summed E-state index contributed by atoms with van der Waals surface area (Å²) in [6.45, 7) is 3.16. The number of rotatable bonds is 3. The number of methoxy groups -OCH3 is 1. The van der Waals surface area contributed by atoms with Gasteiger partial charge in [-0.3, -0.25) is 4.79 Å². The van der Waals surface area contributed by atoms with Crippen molar-refractivity contribution in [2.75, 3.05) is 20.4 Å². The molecular formula is C23H21N3O4. The molecule has 0 spiro atoms. The van der Waals surface area contributed by atoms with Gasteiger partial charge in [0.05, 0.1) is 18.5 Å². The number of aromatic nitrogens is 2. The van der Waals surface area contributed by atoms with Gasteiger partial charge in [0.1, 0.15) is 11.6 Å². The Morgan fingerprint density at radius 3 is 2.67 bits per heavy atom. The van der Waals surface area contributed by atoms with E-state index in [-0.39, 0.29) is 12.7 Å². The van der Waals surface area contributed by atoms with Crippen LogP contribution in [-0.2, 0) is 13.0 Å². The highest BCUT2D eigenvalue weighted by Gasteiger charge is 2.27. The zero-order valence-electron chi connectivity index (χ0n) is 16.8. The third-order valence-corrected chi connectivity index (χ3v) is 5.44. The minimum absolute atomic E-state index is 0.0415. The van der Waals surface area contributed by atoms with Gasteiger partial charge in [-0.15, -0.1) is 0 Å². The second-order valence-corrected chi connectivity index (χ2v) is 7.32. The largest absolute Gasteiger partial charge is 0.497 e. The number of aryl methyl sites for hydroxylation is 1. The standard InChI is InChI=1S/C23H21N3O4/c1-14-24-19-9-10-26(23(27)16-5-8-20-21(11-16)30-13-29-20)12-18(19)22(25-14)15-3-6-17(28-2)7-4-15/h3-8,11H,9-10,12-13H2,1-2H3. The van der Waals surface area contributed by atoms with Crippen molar-refractivity contribution >= 4 is 5.91 Å². The Kier molecular flexibility index (Phi) is 4.50. The third-order valence-electron chi connectivity index (χ3n) is 5.44. The molecule has 0 bridgehead atoms. The SMILES string of the molecule is COc1ccc(-c2nc(C)nc3c2CN(C(=O)c2ccc4c(c2)OCO4)CC3)cc1. The average molecular weight is 403 g/mol. The quantitative estimate of drug-likeness (QED) is 0.668. The molecule has 2 aliphatic heterocycles. The number of hydrogen-bond donors (Lipinski definition) is 0. The molecule has 1 aromatic heterocycles. The van der Waals surface area contributed by atoms with Crippen LogP contribution in [0.3, 0.4) is 0 Å². The molecule has 0 saturated heterocycles. The molecule has 0 atom stereocenters. The molecule has 0 radical (unpaired) electrons. The second-order valence-electron chi connectivity index (χ2n) is 7.32. The number of fused-ring (bicyclic) bond motifs is 2. The number of carbonyl (C=O) groups is 1. The minimum atomic E-state index is -0.0415. The first kappa shape index (κ1) is 18.4.